The Hall–Kier alpha value is -0.890. The van der Waals surface area contributed by atoms with Gasteiger partial charge in [-0.15, -0.1) is 0 Å². The van der Waals surface area contributed by atoms with E-state index in [1.54, 1.807) is 0 Å². The number of likely N-dealkylation sites (N-methyl/N-ethyl adjacent to an activating group) is 2. The van der Waals surface area contributed by atoms with Crippen LogP contribution in [0.4, 0.5) is 5.13 Å². The van der Waals surface area contributed by atoms with E-state index < -0.39 is 5.97 Å². The van der Waals surface area contributed by atoms with Crippen LogP contribution < -0.4 is 5.32 Å². The minimum atomic E-state index is -0.449. The fraction of sp³-hybridized carbons (Fsp3) is 0.667. The van der Waals surface area contributed by atoms with Crippen molar-refractivity contribution < 1.29 is 9.53 Å². The first-order valence-electron chi connectivity index (χ1n) is 6.38. The summed E-state index contributed by atoms with van der Waals surface area (Å²) in [5.41, 5.74) is 0. The number of halogens is 1. The van der Waals surface area contributed by atoms with Gasteiger partial charge in [0.15, 0.2) is 15.2 Å². The molecule has 2 rings (SSSR count). The van der Waals surface area contributed by atoms with Gasteiger partial charge >= 0.3 is 5.97 Å². The fourth-order valence-corrected chi connectivity index (χ4v) is 3.23. The lowest BCUT2D eigenvalue weighted by molar-refractivity contribution is 0.0606. The molecule has 1 atom stereocenters. The van der Waals surface area contributed by atoms with Crippen molar-refractivity contribution in [3.63, 3.8) is 0 Å². The zero-order chi connectivity index (χ0) is 14.7. The molecule has 1 fully saturated rings. The number of hydrogen-bond acceptors (Lipinski definition) is 7. The molecule has 0 radical (unpaired) electrons. The van der Waals surface area contributed by atoms with Crippen LogP contribution in [0.25, 0.3) is 0 Å². The number of piperazine rings is 1. The molecule has 1 N–H and O–H groups in total. The standard InChI is InChI=1S/C12H19ClN4O2S/c1-16-4-5-17(2)8(7-16)6-14-12-15-10(13)9(20-12)11(18)19-3/h8H,4-7H2,1-3H3,(H,14,15). The largest absolute Gasteiger partial charge is 0.465 e. The lowest BCUT2D eigenvalue weighted by Gasteiger charge is -2.37. The average molecular weight is 319 g/mol. The molecule has 0 aromatic carbocycles. The van der Waals surface area contributed by atoms with Crippen molar-refractivity contribution >= 4 is 34.0 Å². The van der Waals surface area contributed by atoms with Gasteiger partial charge in [-0.05, 0) is 14.1 Å². The van der Waals surface area contributed by atoms with Crippen LogP contribution in [0.2, 0.25) is 5.15 Å². The van der Waals surface area contributed by atoms with Gasteiger partial charge in [0.2, 0.25) is 0 Å². The first-order valence-corrected chi connectivity index (χ1v) is 7.58. The van der Waals surface area contributed by atoms with Crippen LogP contribution in [0.15, 0.2) is 0 Å². The Labute approximate surface area is 127 Å². The molecule has 1 saturated heterocycles. The van der Waals surface area contributed by atoms with Crippen molar-refractivity contribution in [3.8, 4) is 0 Å². The first kappa shape index (κ1) is 15.5. The zero-order valence-electron chi connectivity index (χ0n) is 11.9. The van der Waals surface area contributed by atoms with E-state index >= 15 is 0 Å². The number of esters is 1. The predicted octanol–water partition coefficient (Wildman–Crippen LogP) is 1.24. The minimum Gasteiger partial charge on any atom is -0.465 e. The van der Waals surface area contributed by atoms with Crippen LogP contribution >= 0.6 is 22.9 Å². The van der Waals surface area contributed by atoms with Crippen molar-refractivity contribution in [1.82, 2.24) is 14.8 Å². The molecule has 1 aliphatic heterocycles. The van der Waals surface area contributed by atoms with E-state index in [9.17, 15) is 4.79 Å². The summed E-state index contributed by atoms with van der Waals surface area (Å²) in [5.74, 6) is -0.449. The van der Waals surface area contributed by atoms with E-state index in [0.29, 0.717) is 16.1 Å². The van der Waals surface area contributed by atoms with Crippen molar-refractivity contribution in [2.75, 3.05) is 52.7 Å². The molecular weight excluding hydrogens is 300 g/mol. The van der Waals surface area contributed by atoms with Gasteiger partial charge in [-0.25, -0.2) is 9.78 Å². The number of methoxy groups -OCH3 is 1. The Bertz CT molecular complexity index is 482. The summed E-state index contributed by atoms with van der Waals surface area (Å²) < 4.78 is 4.66. The van der Waals surface area contributed by atoms with E-state index in [4.69, 9.17) is 11.6 Å². The van der Waals surface area contributed by atoms with Crippen LogP contribution in [-0.2, 0) is 4.74 Å². The fourth-order valence-electron chi connectivity index (χ4n) is 2.12. The van der Waals surface area contributed by atoms with Crippen LogP contribution in [0, 0.1) is 0 Å². The third kappa shape index (κ3) is 3.60. The Kier molecular flexibility index (Phi) is 5.20. The summed E-state index contributed by atoms with van der Waals surface area (Å²) in [6.07, 6.45) is 0. The van der Waals surface area contributed by atoms with Gasteiger partial charge in [0.05, 0.1) is 7.11 Å². The number of anilines is 1. The average Bonchev–Trinajstić information content (AvgIpc) is 2.80. The van der Waals surface area contributed by atoms with Crippen molar-refractivity contribution in [2.24, 2.45) is 0 Å². The predicted molar refractivity (Wildman–Crippen MR) is 80.9 cm³/mol. The summed E-state index contributed by atoms with van der Waals surface area (Å²) in [7, 11) is 5.57. The maximum absolute atomic E-state index is 11.5. The highest BCUT2D eigenvalue weighted by Crippen LogP contribution is 2.27. The molecule has 0 saturated carbocycles. The molecule has 20 heavy (non-hydrogen) atoms. The molecule has 2 heterocycles. The molecule has 8 heteroatoms. The molecule has 1 unspecified atom stereocenters. The van der Waals surface area contributed by atoms with Gasteiger partial charge in [0.1, 0.15) is 0 Å². The van der Waals surface area contributed by atoms with E-state index in [-0.39, 0.29) is 5.15 Å². The molecule has 6 nitrogen and oxygen atoms in total. The molecular formula is C12H19ClN4O2S. The minimum absolute atomic E-state index is 0.193. The topological polar surface area (TPSA) is 57.7 Å². The van der Waals surface area contributed by atoms with Gasteiger partial charge in [-0.1, -0.05) is 22.9 Å². The van der Waals surface area contributed by atoms with Crippen LogP contribution in [0.3, 0.4) is 0 Å². The number of carbonyl (C=O) groups excluding carboxylic acids is 1. The number of nitrogens with one attached hydrogen (secondary N) is 1. The molecule has 112 valence electrons. The lowest BCUT2D eigenvalue weighted by atomic mass is 10.2. The SMILES string of the molecule is COC(=O)c1sc(NCC2CN(C)CCN2C)nc1Cl. The highest BCUT2D eigenvalue weighted by molar-refractivity contribution is 7.18. The van der Waals surface area contributed by atoms with Crippen LogP contribution in [0.5, 0.6) is 0 Å². The zero-order valence-corrected chi connectivity index (χ0v) is 13.4. The molecule has 1 aliphatic rings. The lowest BCUT2D eigenvalue weighted by Crippen LogP contribution is -2.52. The number of nitrogens with zero attached hydrogens (tertiary/aromatic N) is 3. The van der Waals surface area contributed by atoms with Crippen molar-refractivity contribution in [2.45, 2.75) is 6.04 Å². The summed E-state index contributed by atoms with van der Waals surface area (Å²) in [6, 6.07) is 0.415. The molecule has 1 aromatic rings. The summed E-state index contributed by atoms with van der Waals surface area (Å²) in [6.45, 7) is 3.91. The van der Waals surface area contributed by atoms with Crippen LogP contribution in [-0.4, -0.2) is 74.2 Å². The smallest absolute Gasteiger partial charge is 0.351 e. The maximum Gasteiger partial charge on any atom is 0.351 e. The number of rotatable bonds is 4. The third-order valence-electron chi connectivity index (χ3n) is 3.43. The first-order chi connectivity index (χ1) is 9.51. The maximum atomic E-state index is 11.5. The molecule has 0 amide bonds. The van der Waals surface area contributed by atoms with Gasteiger partial charge in [-0.2, -0.15) is 0 Å². The van der Waals surface area contributed by atoms with Gasteiger partial charge in [0, 0.05) is 32.2 Å². The van der Waals surface area contributed by atoms with Gasteiger partial charge in [0.25, 0.3) is 0 Å². The van der Waals surface area contributed by atoms with Crippen molar-refractivity contribution in [1.29, 1.82) is 0 Å². The molecule has 1 aromatic heterocycles. The van der Waals surface area contributed by atoms with E-state index in [1.165, 1.54) is 18.4 Å². The Morgan fingerprint density at radius 3 is 3.00 bits per heavy atom. The second-order valence-corrected chi connectivity index (χ2v) is 6.27. The number of ether oxygens (including phenoxy) is 1. The number of thiazole rings is 1. The van der Waals surface area contributed by atoms with Crippen LogP contribution in [0.1, 0.15) is 9.67 Å². The Morgan fingerprint density at radius 2 is 2.30 bits per heavy atom. The number of hydrogen-bond donors (Lipinski definition) is 1. The summed E-state index contributed by atoms with van der Waals surface area (Å²) in [4.78, 5) is 20.6. The number of carbonyl (C=O) groups is 1. The van der Waals surface area contributed by atoms with Crippen molar-refractivity contribution in [3.05, 3.63) is 10.0 Å². The van der Waals surface area contributed by atoms with E-state index in [1.807, 2.05) is 0 Å². The third-order valence-corrected chi connectivity index (χ3v) is 4.80. The second-order valence-electron chi connectivity index (χ2n) is 4.91. The molecule has 0 aliphatic carbocycles. The van der Waals surface area contributed by atoms with E-state index in [0.717, 1.165) is 26.2 Å². The highest BCUT2D eigenvalue weighted by Gasteiger charge is 2.23. The second kappa shape index (κ2) is 6.71. The Morgan fingerprint density at radius 1 is 1.55 bits per heavy atom. The highest BCUT2D eigenvalue weighted by atomic mass is 35.5. The molecule has 0 spiro atoms. The van der Waals surface area contributed by atoms with Gasteiger partial charge in [-0.3, -0.25) is 4.90 Å². The van der Waals surface area contributed by atoms with E-state index in [2.05, 4.69) is 38.9 Å². The summed E-state index contributed by atoms with van der Waals surface area (Å²) in [5, 5.41) is 4.10. The summed E-state index contributed by atoms with van der Waals surface area (Å²) >= 11 is 7.15. The van der Waals surface area contributed by atoms with Gasteiger partial charge < -0.3 is 15.0 Å². The number of aromatic nitrogens is 1. The monoisotopic (exact) mass is 318 g/mol. The molecule has 0 bridgehead atoms. The quantitative estimate of drug-likeness (QED) is 0.843. The Balaban J connectivity index is 1.95. The normalized spacial score (nSPS) is 20.9.